The Bertz CT molecular complexity index is 579. The van der Waals surface area contributed by atoms with Crippen LogP contribution in [0, 0.1) is 0 Å². The van der Waals surface area contributed by atoms with Crippen LogP contribution >= 0.6 is 15.9 Å². The zero-order chi connectivity index (χ0) is 16.5. The van der Waals surface area contributed by atoms with Crippen LogP contribution in [-0.4, -0.2) is 18.2 Å². The van der Waals surface area contributed by atoms with E-state index in [0.29, 0.717) is 0 Å². The van der Waals surface area contributed by atoms with Crippen molar-refractivity contribution in [3.63, 3.8) is 0 Å². The highest BCUT2D eigenvalue weighted by atomic mass is 79.9. The molecular weight excluding hydrogens is 356 g/mol. The van der Waals surface area contributed by atoms with Crippen molar-refractivity contribution in [1.82, 2.24) is 5.43 Å². The summed E-state index contributed by atoms with van der Waals surface area (Å²) in [5.74, 6) is 0.708. The Morgan fingerprint density at radius 1 is 1.30 bits per heavy atom. The molecule has 0 heterocycles. The fourth-order valence-electron chi connectivity index (χ4n) is 2.40. The van der Waals surface area contributed by atoms with Gasteiger partial charge in [0.05, 0.1) is 11.5 Å². The van der Waals surface area contributed by atoms with E-state index in [-0.39, 0.29) is 12.5 Å². The number of benzene rings is 1. The lowest BCUT2D eigenvalue weighted by Gasteiger charge is -2.13. The molecule has 1 aliphatic carbocycles. The van der Waals surface area contributed by atoms with Gasteiger partial charge in [-0.25, -0.2) is 5.43 Å². The number of hydrazone groups is 1. The second-order valence-corrected chi connectivity index (χ2v) is 6.47. The molecule has 23 heavy (non-hydrogen) atoms. The van der Waals surface area contributed by atoms with Gasteiger partial charge in [0, 0.05) is 10.9 Å². The summed E-state index contributed by atoms with van der Waals surface area (Å²) in [5, 5.41) is 4.28. The van der Waals surface area contributed by atoms with Gasteiger partial charge < -0.3 is 4.74 Å². The monoisotopic (exact) mass is 378 g/mol. The first-order chi connectivity index (χ1) is 11.2. The zero-order valence-corrected chi connectivity index (χ0v) is 15.1. The number of allylic oxidation sites excluding steroid dienone is 2. The van der Waals surface area contributed by atoms with Gasteiger partial charge in [-0.2, -0.15) is 5.10 Å². The van der Waals surface area contributed by atoms with E-state index in [9.17, 15) is 4.79 Å². The van der Waals surface area contributed by atoms with E-state index in [4.69, 9.17) is 4.74 Å². The lowest BCUT2D eigenvalue weighted by molar-refractivity contribution is -0.124. The van der Waals surface area contributed by atoms with E-state index in [0.717, 1.165) is 53.6 Å². The summed E-state index contributed by atoms with van der Waals surface area (Å²) >= 11 is 3.42. The van der Waals surface area contributed by atoms with Crippen LogP contribution in [-0.2, 0) is 9.53 Å². The summed E-state index contributed by atoms with van der Waals surface area (Å²) in [4.78, 5) is 11.9. The Morgan fingerprint density at radius 2 is 2.09 bits per heavy atom. The molecule has 0 unspecified atom stereocenters. The molecule has 0 saturated carbocycles. The maximum atomic E-state index is 11.9. The van der Waals surface area contributed by atoms with Gasteiger partial charge in [-0.15, -0.1) is 0 Å². The fraction of sp³-hybridized carbons (Fsp3) is 0.444. The van der Waals surface area contributed by atoms with Gasteiger partial charge in [0.25, 0.3) is 5.91 Å². The van der Waals surface area contributed by atoms with Crippen molar-refractivity contribution in [2.75, 3.05) is 6.61 Å². The van der Waals surface area contributed by atoms with Crippen LogP contribution in [0.5, 0.6) is 0 Å². The fourth-order valence-corrected chi connectivity index (χ4v) is 2.67. The van der Waals surface area contributed by atoms with Gasteiger partial charge in [-0.05, 0) is 49.5 Å². The van der Waals surface area contributed by atoms with E-state index in [1.165, 1.54) is 6.42 Å². The van der Waals surface area contributed by atoms with Crippen LogP contribution in [0.3, 0.4) is 0 Å². The number of halogens is 1. The number of nitrogens with zero attached hydrogens (tertiary/aromatic N) is 1. The van der Waals surface area contributed by atoms with Crippen molar-refractivity contribution < 1.29 is 9.53 Å². The smallest absolute Gasteiger partial charge is 0.277 e. The Morgan fingerprint density at radius 3 is 2.74 bits per heavy atom. The summed E-state index contributed by atoms with van der Waals surface area (Å²) in [7, 11) is 0. The Balaban J connectivity index is 1.90. The predicted molar refractivity (Wildman–Crippen MR) is 96.2 cm³/mol. The number of ether oxygens (including phenoxy) is 1. The first-order valence-corrected chi connectivity index (χ1v) is 8.91. The lowest BCUT2D eigenvalue weighted by atomic mass is 10.1. The number of carbonyl (C=O) groups excluding carboxylic acids is 1. The molecule has 1 aliphatic rings. The molecule has 0 aliphatic heterocycles. The highest BCUT2D eigenvalue weighted by Crippen LogP contribution is 2.18. The average molecular weight is 379 g/mol. The molecule has 0 aromatic heterocycles. The van der Waals surface area contributed by atoms with Gasteiger partial charge in [0.15, 0.2) is 6.61 Å². The minimum atomic E-state index is -0.220. The molecule has 1 N–H and O–H groups in total. The van der Waals surface area contributed by atoms with Gasteiger partial charge in [0.1, 0.15) is 0 Å². The first kappa shape index (κ1) is 17.7. The summed E-state index contributed by atoms with van der Waals surface area (Å²) in [5.41, 5.74) is 4.50. The quantitative estimate of drug-likeness (QED) is 0.558. The van der Waals surface area contributed by atoms with E-state index in [1.54, 1.807) is 0 Å². The number of hydrogen-bond donors (Lipinski definition) is 1. The molecule has 2 rings (SSSR count). The van der Waals surface area contributed by atoms with E-state index in [2.05, 4.69) is 39.5 Å². The van der Waals surface area contributed by atoms with Gasteiger partial charge in [-0.1, -0.05) is 41.4 Å². The van der Waals surface area contributed by atoms with Crippen LogP contribution < -0.4 is 5.43 Å². The molecule has 1 aromatic carbocycles. The third-order valence-corrected chi connectivity index (χ3v) is 4.15. The Kier molecular flexibility index (Phi) is 7.33. The number of hydrogen-bond acceptors (Lipinski definition) is 3. The topological polar surface area (TPSA) is 50.7 Å². The second-order valence-electron chi connectivity index (χ2n) is 5.56. The molecule has 0 radical (unpaired) electrons. The van der Waals surface area contributed by atoms with E-state index in [1.807, 2.05) is 24.3 Å². The van der Waals surface area contributed by atoms with Crippen LogP contribution in [0.15, 0.2) is 45.7 Å². The van der Waals surface area contributed by atoms with E-state index < -0.39 is 0 Å². The number of amides is 1. The highest BCUT2D eigenvalue weighted by Gasteiger charge is 2.08. The molecule has 1 aromatic rings. The van der Waals surface area contributed by atoms with Crippen LogP contribution in [0.2, 0.25) is 0 Å². The van der Waals surface area contributed by atoms with Crippen molar-refractivity contribution in [2.24, 2.45) is 5.10 Å². The molecule has 0 spiro atoms. The number of nitrogens with one attached hydrogen (secondary N) is 1. The summed E-state index contributed by atoms with van der Waals surface area (Å²) < 4.78 is 6.56. The van der Waals surface area contributed by atoms with E-state index >= 15 is 0 Å². The normalized spacial score (nSPS) is 15.0. The highest BCUT2D eigenvalue weighted by molar-refractivity contribution is 9.10. The van der Waals surface area contributed by atoms with Crippen molar-refractivity contribution in [3.8, 4) is 0 Å². The first-order valence-electron chi connectivity index (χ1n) is 8.12. The van der Waals surface area contributed by atoms with Crippen molar-refractivity contribution in [3.05, 3.63) is 46.1 Å². The lowest BCUT2D eigenvalue weighted by Crippen LogP contribution is -2.24. The third kappa shape index (κ3) is 6.18. The van der Waals surface area contributed by atoms with Crippen molar-refractivity contribution in [1.29, 1.82) is 0 Å². The van der Waals surface area contributed by atoms with Gasteiger partial charge >= 0.3 is 0 Å². The van der Waals surface area contributed by atoms with Gasteiger partial charge in [0.2, 0.25) is 0 Å². The maximum Gasteiger partial charge on any atom is 0.277 e. The maximum absolute atomic E-state index is 11.9. The Hall–Kier alpha value is -1.62. The predicted octanol–water partition coefficient (Wildman–Crippen LogP) is 4.54. The molecule has 0 saturated heterocycles. The summed E-state index contributed by atoms with van der Waals surface area (Å²) in [6.45, 7) is 2.12. The molecule has 0 bridgehead atoms. The summed E-state index contributed by atoms with van der Waals surface area (Å²) in [6, 6.07) is 7.93. The van der Waals surface area contributed by atoms with Gasteiger partial charge in [-0.3, -0.25) is 4.79 Å². The van der Waals surface area contributed by atoms with Crippen LogP contribution in [0.4, 0.5) is 0 Å². The molecule has 1 amide bonds. The number of carbonyl (C=O) groups is 1. The number of rotatable bonds is 7. The van der Waals surface area contributed by atoms with Crippen LogP contribution in [0.25, 0.3) is 0 Å². The van der Waals surface area contributed by atoms with Crippen LogP contribution in [0.1, 0.15) is 51.0 Å². The minimum Gasteiger partial charge on any atom is -0.488 e. The van der Waals surface area contributed by atoms with Crippen molar-refractivity contribution >= 4 is 27.5 Å². The second kappa shape index (κ2) is 9.50. The SMILES string of the molecule is CCC/C(=N/NC(=O)COC1=CCCCC1)c1ccc(Br)cc1. The van der Waals surface area contributed by atoms with Crippen molar-refractivity contribution in [2.45, 2.75) is 45.4 Å². The Labute approximate surface area is 146 Å². The molecule has 124 valence electrons. The molecule has 0 atom stereocenters. The largest absolute Gasteiger partial charge is 0.488 e. The molecule has 5 heteroatoms. The average Bonchev–Trinajstić information content (AvgIpc) is 2.58. The molecule has 0 fully saturated rings. The third-order valence-electron chi connectivity index (χ3n) is 3.62. The molecular formula is C18H23BrN2O2. The zero-order valence-electron chi connectivity index (χ0n) is 13.5. The standard InChI is InChI=1S/C18H23BrN2O2/c1-2-6-17(14-9-11-15(19)12-10-14)20-21-18(22)13-23-16-7-4-3-5-8-16/h7,9-12H,2-6,8,13H2,1H3,(H,21,22)/b20-17-. The minimum absolute atomic E-state index is 0.0229. The summed E-state index contributed by atoms with van der Waals surface area (Å²) in [6.07, 6.45) is 8.16. The molecule has 4 nitrogen and oxygen atoms in total.